The van der Waals surface area contributed by atoms with Crippen LogP contribution in [-0.4, -0.2) is 50.8 Å². The topological polar surface area (TPSA) is 74.2 Å². The summed E-state index contributed by atoms with van der Waals surface area (Å²) in [5.41, 5.74) is 0.883. The molecule has 6 nitrogen and oxygen atoms in total. The lowest BCUT2D eigenvalue weighted by Gasteiger charge is -2.35. The molecule has 1 aliphatic carbocycles. The van der Waals surface area contributed by atoms with Gasteiger partial charge in [-0.05, 0) is 44.1 Å². The zero-order valence-corrected chi connectivity index (χ0v) is 16.3. The van der Waals surface area contributed by atoms with Crippen LogP contribution >= 0.6 is 0 Å². The fraction of sp³-hybridized carbons (Fsp3) is 0.667. The summed E-state index contributed by atoms with van der Waals surface area (Å²) in [7, 11) is 0.106. The second kappa shape index (κ2) is 7.72. The molecule has 0 amide bonds. The lowest BCUT2D eigenvalue weighted by atomic mass is 9.86. The van der Waals surface area contributed by atoms with E-state index in [1.54, 1.807) is 6.33 Å². The molecule has 7 heteroatoms. The zero-order valence-electron chi connectivity index (χ0n) is 15.4. The first-order valence-corrected chi connectivity index (χ1v) is 11.3. The van der Waals surface area contributed by atoms with Crippen LogP contribution in [0.25, 0.3) is 11.0 Å². The van der Waals surface area contributed by atoms with Crippen molar-refractivity contribution in [3.8, 4) is 0 Å². The molecular weight excluding hydrogens is 334 g/mol. The summed E-state index contributed by atoms with van der Waals surface area (Å²) in [6, 6.07) is 2.51. The van der Waals surface area contributed by atoms with Crippen molar-refractivity contribution in [2.24, 2.45) is 10.3 Å². The molecule has 0 aliphatic heterocycles. The van der Waals surface area contributed by atoms with E-state index < -0.39 is 9.73 Å². The van der Waals surface area contributed by atoms with Crippen LogP contribution < -0.4 is 4.90 Å². The summed E-state index contributed by atoms with van der Waals surface area (Å²) in [5, 5.41) is 1.07. The van der Waals surface area contributed by atoms with E-state index in [4.69, 9.17) is 0 Å². The zero-order chi connectivity index (χ0) is 17.9. The largest absolute Gasteiger partial charge is 0.356 e. The number of hydrogen-bond donors (Lipinski definition) is 1. The van der Waals surface area contributed by atoms with Crippen molar-refractivity contribution >= 4 is 26.6 Å². The molecule has 1 aliphatic rings. The maximum atomic E-state index is 12.6. The Hall–Kier alpha value is -1.63. The minimum atomic E-state index is -2.02. The molecule has 138 valence electrons. The minimum Gasteiger partial charge on any atom is -0.356 e. The maximum Gasteiger partial charge on any atom is 0.142 e. The van der Waals surface area contributed by atoms with Gasteiger partial charge in [-0.15, -0.1) is 0 Å². The minimum absolute atomic E-state index is 0.477. The van der Waals surface area contributed by atoms with E-state index in [-0.39, 0.29) is 0 Å². The highest BCUT2D eigenvalue weighted by Gasteiger charge is 2.27. The van der Waals surface area contributed by atoms with Crippen LogP contribution in [-0.2, 0) is 9.73 Å². The Morgan fingerprint density at radius 1 is 1.32 bits per heavy atom. The number of nitrogens with one attached hydrogen (secondary N) is 1. The predicted octanol–water partition coefficient (Wildman–Crippen LogP) is 3.46. The molecule has 3 rings (SSSR count). The highest BCUT2D eigenvalue weighted by atomic mass is 32.2. The van der Waals surface area contributed by atoms with E-state index >= 15 is 0 Å². The number of anilines is 1. The number of aromatic amines is 1. The summed E-state index contributed by atoms with van der Waals surface area (Å²) in [6.45, 7) is 2.79. The van der Waals surface area contributed by atoms with Gasteiger partial charge < -0.3 is 9.88 Å². The Morgan fingerprint density at radius 2 is 2.08 bits per heavy atom. The Labute approximate surface area is 150 Å². The van der Waals surface area contributed by atoms with Crippen LogP contribution in [0, 0.1) is 5.92 Å². The molecule has 1 unspecified atom stereocenters. The standard InChI is InChI=1S/C18H29N5OS/c1-4-10-22-25(3,24)12-14-5-7-15(8-6-14)23(2)18-16-9-11-19-17(16)20-13-21-18/h9,11,13-15H,4-8,10,12H2,1-3H3,(H,19,20,21). The first kappa shape index (κ1) is 18.2. The van der Waals surface area contributed by atoms with Crippen molar-refractivity contribution in [2.45, 2.75) is 45.1 Å². The van der Waals surface area contributed by atoms with Gasteiger partial charge in [-0.3, -0.25) is 4.21 Å². The van der Waals surface area contributed by atoms with Crippen molar-refractivity contribution in [3.63, 3.8) is 0 Å². The fourth-order valence-corrected chi connectivity index (χ4v) is 5.67. The molecule has 2 heterocycles. The summed E-state index contributed by atoms with van der Waals surface area (Å²) in [6.07, 6.45) is 10.8. The van der Waals surface area contributed by atoms with Crippen LogP contribution in [0.1, 0.15) is 39.0 Å². The van der Waals surface area contributed by atoms with Gasteiger partial charge in [-0.2, -0.15) is 0 Å². The highest BCUT2D eigenvalue weighted by Crippen LogP contribution is 2.32. The third-order valence-electron chi connectivity index (χ3n) is 5.16. The first-order valence-electron chi connectivity index (χ1n) is 9.16. The second-order valence-electron chi connectivity index (χ2n) is 7.20. The Kier molecular flexibility index (Phi) is 5.61. The van der Waals surface area contributed by atoms with Gasteiger partial charge in [0.15, 0.2) is 0 Å². The molecule has 0 radical (unpaired) electrons. The van der Waals surface area contributed by atoms with Gasteiger partial charge in [0.1, 0.15) is 17.8 Å². The molecular formula is C18H29N5OS. The third kappa shape index (κ3) is 4.32. The summed E-state index contributed by atoms with van der Waals surface area (Å²) in [4.78, 5) is 14.2. The molecule has 0 saturated heterocycles. The van der Waals surface area contributed by atoms with Gasteiger partial charge in [0, 0.05) is 47.6 Å². The molecule has 0 spiro atoms. The van der Waals surface area contributed by atoms with Gasteiger partial charge in [0.25, 0.3) is 0 Å². The van der Waals surface area contributed by atoms with Crippen LogP contribution in [0.5, 0.6) is 0 Å². The number of hydrogen-bond acceptors (Lipinski definition) is 5. The molecule has 2 aromatic rings. The van der Waals surface area contributed by atoms with Gasteiger partial charge in [-0.1, -0.05) is 6.92 Å². The maximum absolute atomic E-state index is 12.6. The molecule has 2 aromatic heterocycles. The Bertz CT molecular complexity index is 816. The molecule has 1 atom stereocenters. The Morgan fingerprint density at radius 3 is 2.80 bits per heavy atom. The van der Waals surface area contributed by atoms with E-state index in [2.05, 4.69) is 38.2 Å². The van der Waals surface area contributed by atoms with E-state index in [0.29, 0.717) is 18.5 Å². The molecule has 25 heavy (non-hydrogen) atoms. The molecule has 0 bridgehead atoms. The smallest absolute Gasteiger partial charge is 0.142 e. The van der Waals surface area contributed by atoms with E-state index in [1.807, 2.05) is 18.5 Å². The van der Waals surface area contributed by atoms with Gasteiger partial charge in [0.05, 0.1) is 5.39 Å². The predicted molar refractivity (Wildman–Crippen MR) is 105 cm³/mol. The quantitative estimate of drug-likeness (QED) is 0.853. The lowest BCUT2D eigenvalue weighted by Crippen LogP contribution is -2.36. The average molecular weight is 364 g/mol. The van der Waals surface area contributed by atoms with Crippen LogP contribution in [0.4, 0.5) is 5.82 Å². The molecule has 1 N–H and O–H groups in total. The van der Waals surface area contributed by atoms with Crippen molar-refractivity contribution in [2.75, 3.05) is 30.5 Å². The molecule has 1 saturated carbocycles. The number of fused-ring (bicyclic) bond motifs is 1. The summed E-state index contributed by atoms with van der Waals surface area (Å²) >= 11 is 0. The summed E-state index contributed by atoms with van der Waals surface area (Å²) < 4.78 is 17.0. The van der Waals surface area contributed by atoms with Gasteiger partial charge in [0.2, 0.25) is 0 Å². The lowest BCUT2D eigenvalue weighted by molar-refractivity contribution is 0.342. The number of aromatic nitrogens is 3. The number of H-pyrrole nitrogens is 1. The van der Waals surface area contributed by atoms with E-state index in [9.17, 15) is 4.21 Å². The van der Waals surface area contributed by atoms with Crippen molar-refractivity contribution in [1.29, 1.82) is 0 Å². The average Bonchev–Trinajstić information content (AvgIpc) is 3.08. The van der Waals surface area contributed by atoms with Crippen LogP contribution in [0.2, 0.25) is 0 Å². The second-order valence-corrected chi connectivity index (χ2v) is 9.71. The van der Waals surface area contributed by atoms with E-state index in [1.165, 1.54) is 0 Å². The molecule has 0 aromatic carbocycles. The van der Waals surface area contributed by atoms with Crippen LogP contribution in [0.15, 0.2) is 23.0 Å². The first-order chi connectivity index (χ1) is 12.0. The van der Waals surface area contributed by atoms with Crippen molar-refractivity contribution < 1.29 is 4.21 Å². The highest BCUT2D eigenvalue weighted by molar-refractivity contribution is 7.92. The van der Waals surface area contributed by atoms with Gasteiger partial charge in [-0.25, -0.2) is 14.3 Å². The fourth-order valence-electron chi connectivity index (χ4n) is 3.79. The number of rotatable bonds is 6. The van der Waals surface area contributed by atoms with Crippen molar-refractivity contribution in [1.82, 2.24) is 15.0 Å². The van der Waals surface area contributed by atoms with Gasteiger partial charge >= 0.3 is 0 Å². The van der Waals surface area contributed by atoms with Crippen LogP contribution in [0.3, 0.4) is 0 Å². The third-order valence-corrected chi connectivity index (χ3v) is 6.98. The number of nitrogens with zero attached hydrogens (tertiary/aromatic N) is 4. The van der Waals surface area contributed by atoms with Crippen molar-refractivity contribution in [3.05, 3.63) is 18.6 Å². The SMILES string of the molecule is CCCN=S(C)(=O)CC1CCC(N(C)c2ncnc3[nH]ccc23)CC1. The Balaban J connectivity index is 1.62. The normalized spacial score (nSPS) is 23.3. The van der Waals surface area contributed by atoms with E-state index in [0.717, 1.165) is 54.7 Å². The monoisotopic (exact) mass is 363 g/mol. The molecule has 1 fully saturated rings. The summed E-state index contributed by atoms with van der Waals surface area (Å²) in [5.74, 6) is 2.27.